The summed E-state index contributed by atoms with van der Waals surface area (Å²) in [6.45, 7) is -0.316. The highest BCUT2D eigenvalue weighted by Crippen LogP contribution is 2.26. The minimum Gasteiger partial charge on any atom is -0.329 e. The number of rotatable bonds is 4. The second kappa shape index (κ2) is 7.14. The maximum Gasteiger partial charge on any atom is 0.264 e. The van der Waals surface area contributed by atoms with E-state index in [2.05, 4.69) is 0 Å². The van der Waals surface area contributed by atoms with Crippen molar-refractivity contribution in [3.05, 3.63) is 63.9 Å². The number of nitrogens with zero attached hydrogens (tertiary/aromatic N) is 1. The molecule has 1 amide bonds. The van der Waals surface area contributed by atoms with Crippen LogP contribution in [0.3, 0.4) is 0 Å². The van der Waals surface area contributed by atoms with Gasteiger partial charge >= 0.3 is 0 Å². The van der Waals surface area contributed by atoms with Crippen molar-refractivity contribution in [2.24, 2.45) is 5.73 Å². The van der Waals surface area contributed by atoms with Crippen molar-refractivity contribution in [2.45, 2.75) is 0 Å². The smallest absolute Gasteiger partial charge is 0.264 e. The standard InChI is InChI=1S/C15H10ClF5N2O/c16-7-1-3-8(4-2-7)23(6-5-22)15(24)9-10(17)12(19)14(21)13(20)11(9)18/h1-4H,5-6,22H2. The molecule has 0 fully saturated rings. The number of amides is 1. The SMILES string of the molecule is NCCN(C(=O)c1c(F)c(F)c(F)c(F)c1F)c1ccc(Cl)cc1. The summed E-state index contributed by atoms with van der Waals surface area (Å²) in [6.07, 6.45) is 0. The summed E-state index contributed by atoms with van der Waals surface area (Å²) in [7, 11) is 0. The number of benzene rings is 2. The van der Waals surface area contributed by atoms with Crippen LogP contribution in [0.4, 0.5) is 27.6 Å². The monoisotopic (exact) mass is 364 g/mol. The normalized spacial score (nSPS) is 10.8. The summed E-state index contributed by atoms with van der Waals surface area (Å²) in [5, 5.41) is 0.329. The Morgan fingerprint density at radius 3 is 1.83 bits per heavy atom. The lowest BCUT2D eigenvalue weighted by Gasteiger charge is -2.23. The molecule has 2 rings (SSSR count). The third-order valence-corrected chi connectivity index (χ3v) is 3.41. The average Bonchev–Trinajstić information content (AvgIpc) is 2.57. The maximum atomic E-state index is 13.8. The Bertz CT molecular complexity index is 753. The molecule has 0 aliphatic rings. The molecule has 0 aromatic heterocycles. The molecule has 0 aliphatic heterocycles. The summed E-state index contributed by atoms with van der Waals surface area (Å²) < 4.78 is 67.3. The topological polar surface area (TPSA) is 46.3 Å². The van der Waals surface area contributed by atoms with E-state index < -0.39 is 40.6 Å². The van der Waals surface area contributed by atoms with Crippen LogP contribution in [0.15, 0.2) is 24.3 Å². The van der Waals surface area contributed by atoms with Gasteiger partial charge in [0.05, 0.1) is 0 Å². The molecule has 24 heavy (non-hydrogen) atoms. The van der Waals surface area contributed by atoms with Crippen molar-refractivity contribution in [1.29, 1.82) is 0 Å². The molecular formula is C15H10ClF5N2O. The molecule has 9 heteroatoms. The van der Waals surface area contributed by atoms with E-state index in [1.807, 2.05) is 0 Å². The Morgan fingerprint density at radius 2 is 1.38 bits per heavy atom. The first-order chi connectivity index (χ1) is 11.3. The Morgan fingerprint density at radius 1 is 0.917 bits per heavy atom. The molecule has 0 heterocycles. The maximum absolute atomic E-state index is 13.8. The molecule has 0 atom stereocenters. The third kappa shape index (κ3) is 3.20. The van der Waals surface area contributed by atoms with E-state index in [1.54, 1.807) is 0 Å². The molecule has 0 saturated carbocycles. The second-order valence-corrected chi connectivity index (χ2v) is 5.10. The van der Waals surface area contributed by atoms with E-state index in [0.29, 0.717) is 5.02 Å². The van der Waals surface area contributed by atoms with Gasteiger partial charge in [0.25, 0.3) is 5.91 Å². The number of nitrogens with two attached hydrogens (primary N) is 1. The van der Waals surface area contributed by atoms with Gasteiger partial charge in [0, 0.05) is 23.8 Å². The van der Waals surface area contributed by atoms with Crippen LogP contribution >= 0.6 is 11.6 Å². The zero-order valence-corrected chi connectivity index (χ0v) is 12.7. The third-order valence-electron chi connectivity index (χ3n) is 3.16. The predicted octanol–water partition coefficient (Wildman–Crippen LogP) is 3.64. The van der Waals surface area contributed by atoms with Crippen molar-refractivity contribution in [3.8, 4) is 0 Å². The van der Waals surface area contributed by atoms with Crippen LogP contribution in [0.25, 0.3) is 0 Å². The molecule has 3 nitrogen and oxygen atoms in total. The molecule has 2 N–H and O–H groups in total. The van der Waals surface area contributed by atoms with Crippen molar-refractivity contribution < 1.29 is 26.7 Å². The molecule has 0 bridgehead atoms. The van der Waals surface area contributed by atoms with Gasteiger partial charge in [-0.3, -0.25) is 4.79 Å². The molecule has 0 saturated heterocycles. The average molecular weight is 365 g/mol. The highest BCUT2D eigenvalue weighted by Gasteiger charge is 2.32. The van der Waals surface area contributed by atoms with Gasteiger partial charge in [-0.15, -0.1) is 0 Å². The highest BCUT2D eigenvalue weighted by atomic mass is 35.5. The molecule has 128 valence electrons. The van der Waals surface area contributed by atoms with Gasteiger partial charge in [-0.25, -0.2) is 22.0 Å². The summed E-state index contributed by atoms with van der Waals surface area (Å²) in [5.41, 5.74) is 3.95. The number of halogens is 6. The van der Waals surface area contributed by atoms with Crippen LogP contribution < -0.4 is 10.6 Å². The van der Waals surface area contributed by atoms with Crippen molar-refractivity contribution in [3.63, 3.8) is 0 Å². The fourth-order valence-electron chi connectivity index (χ4n) is 2.03. The van der Waals surface area contributed by atoms with Crippen LogP contribution in [0, 0.1) is 29.1 Å². The summed E-state index contributed by atoms with van der Waals surface area (Å²) in [6, 6.07) is 5.49. The van der Waals surface area contributed by atoms with E-state index in [1.165, 1.54) is 24.3 Å². The molecule has 2 aromatic carbocycles. The zero-order chi connectivity index (χ0) is 18.0. The number of hydrogen-bond donors (Lipinski definition) is 1. The van der Waals surface area contributed by atoms with E-state index >= 15 is 0 Å². The first kappa shape index (κ1) is 18.2. The second-order valence-electron chi connectivity index (χ2n) is 4.67. The quantitative estimate of drug-likeness (QED) is 0.511. The largest absolute Gasteiger partial charge is 0.329 e. The van der Waals surface area contributed by atoms with E-state index in [4.69, 9.17) is 17.3 Å². The molecule has 0 unspecified atom stereocenters. The van der Waals surface area contributed by atoms with Crippen molar-refractivity contribution >= 4 is 23.2 Å². The number of anilines is 1. The van der Waals surface area contributed by atoms with Gasteiger partial charge in [-0.05, 0) is 24.3 Å². The number of carbonyl (C=O) groups excluding carboxylic acids is 1. The van der Waals surface area contributed by atoms with Gasteiger partial charge < -0.3 is 10.6 Å². The summed E-state index contributed by atoms with van der Waals surface area (Å²) in [5.74, 6) is -12.5. The molecule has 0 spiro atoms. The Hall–Kier alpha value is -2.19. The lowest BCUT2D eigenvalue weighted by molar-refractivity contribution is 0.0976. The Kier molecular flexibility index (Phi) is 5.40. The minimum absolute atomic E-state index is 0.107. The zero-order valence-electron chi connectivity index (χ0n) is 11.9. The van der Waals surface area contributed by atoms with Gasteiger partial charge in [-0.1, -0.05) is 11.6 Å². The van der Waals surface area contributed by atoms with Crippen LogP contribution in [-0.4, -0.2) is 19.0 Å². The van der Waals surface area contributed by atoms with Crippen LogP contribution in [-0.2, 0) is 0 Å². The highest BCUT2D eigenvalue weighted by molar-refractivity contribution is 6.30. The lowest BCUT2D eigenvalue weighted by Crippen LogP contribution is -2.37. The van der Waals surface area contributed by atoms with Crippen LogP contribution in [0.1, 0.15) is 10.4 Å². The van der Waals surface area contributed by atoms with E-state index in [-0.39, 0.29) is 18.8 Å². The first-order valence-corrected chi connectivity index (χ1v) is 6.96. The van der Waals surface area contributed by atoms with Crippen molar-refractivity contribution in [2.75, 3.05) is 18.0 Å². The van der Waals surface area contributed by atoms with Gasteiger partial charge in [-0.2, -0.15) is 0 Å². The van der Waals surface area contributed by atoms with Gasteiger partial charge in [0.2, 0.25) is 5.82 Å². The fraction of sp³-hybridized carbons (Fsp3) is 0.133. The predicted molar refractivity (Wildman–Crippen MR) is 78.4 cm³/mol. The van der Waals surface area contributed by atoms with E-state index in [9.17, 15) is 26.7 Å². The fourth-order valence-corrected chi connectivity index (χ4v) is 2.15. The molecular weight excluding hydrogens is 355 g/mol. The number of carbonyl (C=O) groups is 1. The van der Waals surface area contributed by atoms with Gasteiger partial charge in [0.1, 0.15) is 5.56 Å². The Balaban J connectivity index is 2.58. The minimum atomic E-state index is -2.33. The summed E-state index contributed by atoms with van der Waals surface area (Å²) in [4.78, 5) is 13.2. The van der Waals surface area contributed by atoms with Gasteiger partial charge in [0.15, 0.2) is 23.3 Å². The number of hydrogen-bond acceptors (Lipinski definition) is 2. The Labute approximate surface area is 138 Å². The van der Waals surface area contributed by atoms with Crippen LogP contribution in [0.2, 0.25) is 5.02 Å². The first-order valence-electron chi connectivity index (χ1n) is 6.58. The van der Waals surface area contributed by atoms with Crippen molar-refractivity contribution in [1.82, 2.24) is 0 Å². The molecule has 2 aromatic rings. The molecule has 0 radical (unpaired) electrons. The van der Waals surface area contributed by atoms with Crippen LogP contribution in [0.5, 0.6) is 0 Å². The summed E-state index contributed by atoms with van der Waals surface area (Å²) >= 11 is 5.71. The molecule has 0 aliphatic carbocycles. The lowest BCUT2D eigenvalue weighted by atomic mass is 10.1. The van der Waals surface area contributed by atoms with E-state index in [0.717, 1.165) is 4.90 Å².